The van der Waals surface area contributed by atoms with Crippen molar-refractivity contribution in [3.8, 4) is 11.4 Å². The molecule has 1 atom stereocenters. The third kappa shape index (κ3) is 4.90. The highest BCUT2D eigenvalue weighted by Gasteiger charge is 2.30. The zero-order valence-corrected chi connectivity index (χ0v) is 21.6. The Kier molecular flexibility index (Phi) is 6.63. The Labute approximate surface area is 220 Å². The largest absolute Gasteiger partial charge is 0.497 e. The van der Waals surface area contributed by atoms with Gasteiger partial charge in [-0.3, -0.25) is 14.4 Å². The summed E-state index contributed by atoms with van der Waals surface area (Å²) in [5.41, 5.74) is 6.00. The first-order chi connectivity index (χ1) is 17.8. The van der Waals surface area contributed by atoms with Gasteiger partial charge < -0.3 is 10.1 Å². The fraction of sp³-hybridized carbons (Fsp3) is 0.172. The van der Waals surface area contributed by atoms with Gasteiger partial charge in [0.2, 0.25) is 5.91 Å². The number of methoxy groups -OCH3 is 1. The molecule has 4 aromatic rings. The molecule has 0 spiro atoms. The molecule has 1 amide bonds. The molecule has 7 nitrogen and oxygen atoms in total. The zero-order valence-electron chi connectivity index (χ0n) is 20.8. The first-order valence-electron chi connectivity index (χ1n) is 11.8. The van der Waals surface area contributed by atoms with E-state index in [0.29, 0.717) is 28.1 Å². The molecule has 1 aromatic heterocycles. The Morgan fingerprint density at radius 2 is 1.81 bits per heavy atom. The number of nitrogens with one attached hydrogen (secondary N) is 1. The number of aryl methyl sites for hydroxylation is 1. The van der Waals surface area contributed by atoms with E-state index in [0.717, 1.165) is 33.7 Å². The Balaban J connectivity index is 1.57. The van der Waals surface area contributed by atoms with Crippen LogP contribution in [0.5, 0.6) is 5.75 Å². The van der Waals surface area contributed by atoms with E-state index in [2.05, 4.69) is 22.1 Å². The topological polar surface area (TPSA) is 81.4 Å². The number of hydrogen-bond donors (Lipinski definition) is 1. The summed E-state index contributed by atoms with van der Waals surface area (Å²) in [6.45, 7) is 7.79. The Morgan fingerprint density at radius 3 is 2.49 bits per heavy atom. The van der Waals surface area contributed by atoms with Crippen molar-refractivity contribution in [1.82, 2.24) is 14.8 Å². The third-order valence-electron chi connectivity index (χ3n) is 6.29. The van der Waals surface area contributed by atoms with Crippen LogP contribution in [-0.2, 0) is 4.79 Å². The second-order valence-electron chi connectivity index (χ2n) is 8.93. The lowest BCUT2D eigenvalue weighted by Gasteiger charge is -2.14. The molecule has 0 bridgehead atoms. The average Bonchev–Trinajstić information content (AvgIpc) is 3.21. The molecule has 0 saturated heterocycles. The number of halogens is 1. The minimum Gasteiger partial charge on any atom is -0.497 e. The predicted octanol–water partition coefficient (Wildman–Crippen LogP) is 6.19. The summed E-state index contributed by atoms with van der Waals surface area (Å²) >= 11 is 6.17. The van der Waals surface area contributed by atoms with E-state index in [9.17, 15) is 4.79 Å². The summed E-state index contributed by atoms with van der Waals surface area (Å²) in [6, 6.07) is 20.3. The van der Waals surface area contributed by atoms with Gasteiger partial charge in [-0.2, -0.15) is 0 Å². The Hall–Kier alpha value is -4.23. The molecule has 1 aliphatic heterocycles. The number of carbonyl (C=O) groups excluding carboxylic acids is 1. The standard InChI is InChI=1S/C29H26ClN5O2/c1-17(2)19-7-11-22(12-8-19)31-27(36)16-25-29-34-33-18(3)35(29)26-14-13-23(37-4)15-24(26)28(32-25)20-5-9-21(30)10-6-20/h5-15,25H,1,16H2,2-4H3,(H,31,36)/t25-/m1/s1. The summed E-state index contributed by atoms with van der Waals surface area (Å²) in [7, 11) is 1.63. The highest BCUT2D eigenvalue weighted by atomic mass is 35.5. The van der Waals surface area contributed by atoms with Gasteiger partial charge in [0, 0.05) is 21.8 Å². The number of amides is 1. The number of carbonyl (C=O) groups is 1. The monoisotopic (exact) mass is 511 g/mol. The maximum absolute atomic E-state index is 13.2. The number of benzene rings is 3. The van der Waals surface area contributed by atoms with Crippen molar-refractivity contribution in [2.24, 2.45) is 4.99 Å². The van der Waals surface area contributed by atoms with E-state index >= 15 is 0 Å². The lowest BCUT2D eigenvalue weighted by molar-refractivity contribution is -0.116. The first-order valence-corrected chi connectivity index (χ1v) is 12.2. The number of aromatic nitrogens is 3. The fourth-order valence-corrected chi connectivity index (χ4v) is 4.53. The lowest BCUT2D eigenvalue weighted by Crippen LogP contribution is -2.17. The van der Waals surface area contributed by atoms with Crippen molar-refractivity contribution >= 4 is 34.5 Å². The zero-order chi connectivity index (χ0) is 26.1. The third-order valence-corrected chi connectivity index (χ3v) is 6.54. The van der Waals surface area contributed by atoms with Crippen LogP contribution in [0.2, 0.25) is 5.02 Å². The van der Waals surface area contributed by atoms with Crippen LogP contribution in [0, 0.1) is 6.92 Å². The van der Waals surface area contributed by atoms with Crippen molar-refractivity contribution < 1.29 is 9.53 Å². The van der Waals surface area contributed by atoms with E-state index in [1.165, 1.54) is 0 Å². The normalized spacial score (nSPS) is 14.2. The number of nitrogens with zero attached hydrogens (tertiary/aromatic N) is 4. The smallest absolute Gasteiger partial charge is 0.227 e. The molecule has 8 heteroatoms. The number of anilines is 1. The van der Waals surface area contributed by atoms with Crippen LogP contribution in [0.25, 0.3) is 11.3 Å². The first kappa shape index (κ1) is 24.5. The number of fused-ring (bicyclic) bond motifs is 3. The Morgan fingerprint density at radius 1 is 1.08 bits per heavy atom. The van der Waals surface area contributed by atoms with Crippen molar-refractivity contribution in [3.05, 3.63) is 107 Å². The lowest BCUT2D eigenvalue weighted by atomic mass is 10.00. The van der Waals surface area contributed by atoms with Gasteiger partial charge >= 0.3 is 0 Å². The molecular formula is C29H26ClN5O2. The second kappa shape index (κ2) is 10.0. The van der Waals surface area contributed by atoms with Gasteiger partial charge in [-0.1, -0.05) is 48.0 Å². The van der Waals surface area contributed by atoms with Crippen molar-refractivity contribution in [1.29, 1.82) is 0 Å². The maximum atomic E-state index is 13.2. The average molecular weight is 512 g/mol. The SMILES string of the molecule is C=C(C)c1ccc(NC(=O)C[C@H]2N=C(c3ccc(Cl)cc3)c3cc(OC)ccc3-n3c(C)nnc32)cc1. The number of hydrogen-bond acceptors (Lipinski definition) is 5. The number of ether oxygens (including phenoxy) is 1. The minimum absolute atomic E-state index is 0.0859. The van der Waals surface area contributed by atoms with Crippen LogP contribution in [-0.4, -0.2) is 33.5 Å². The molecule has 0 aliphatic carbocycles. The van der Waals surface area contributed by atoms with E-state index < -0.39 is 6.04 Å². The minimum atomic E-state index is -0.569. The molecule has 1 aliphatic rings. The molecule has 0 fully saturated rings. The molecule has 5 rings (SSSR count). The number of rotatable bonds is 6. The van der Waals surface area contributed by atoms with Crippen LogP contribution < -0.4 is 10.1 Å². The van der Waals surface area contributed by atoms with Crippen LogP contribution in [0.15, 0.2) is 78.3 Å². The van der Waals surface area contributed by atoms with Gasteiger partial charge in [0.05, 0.1) is 24.9 Å². The van der Waals surface area contributed by atoms with Gasteiger partial charge in [-0.05, 0) is 61.9 Å². The summed E-state index contributed by atoms with van der Waals surface area (Å²) in [4.78, 5) is 18.3. The predicted molar refractivity (Wildman–Crippen MR) is 147 cm³/mol. The number of aliphatic imine (C=N–C) groups is 1. The molecule has 1 N–H and O–H groups in total. The molecular weight excluding hydrogens is 486 g/mol. The van der Waals surface area contributed by atoms with Gasteiger partial charge in [-0.15, -0.1) is 10.2 Å². The van der Waals surface area contributed by atoms with Crippen LogP contribution in [0.1, 0.15) is 47.7 Å². The highest BCUT2D eigenvalue weighted by Crippen LogP contribution is 2.34. The van der Waals surface area contributed by atoms with Gasteiger partial charge in [0.1, 0.15) is 17.6 Å². The molecule has 2 heterocycles. The summed E-state index contributed by atoms with van der Waals surface area (Å²) in [5, 5.41) is 12.4. The molecule has 37 heavy (non-hydrogen) atoms. The van der Waals surface area contributed by atoms with E-state index in [-0.39, 0.29) is 12.3 Å². The quantitative estimate of drug-likeness (QED) is 0.334. The van der Waals surface area contributed by atoms with E-state index in [4.69, 9.17) is 21.3 Å². The summed E-state index contributed by atoms with van der Waals surface area (Å²) in [6.07, 6.45) is 0.0859. The van der Waals surface area contributed by atoms with Crippen molar-refractivity contribution in [2.45, 2.75) is 26.3 Å². The molecule has 0 saturated carbocycles. The van der Waals surface area contributed by atoms with E-state index in [1.54, 1.807) is 7.11 Å². The summed E-state index contributed by atoms with van der Waals surface area (Å²) < 4.78 is 7.48. The van der Waals surface area contributed by atoms with Gasteiger partial charge in [0.25, 0.3) is 0 Å². The van der Waals surface area contributed by atoms with Crippen LogP contribution in [0.3, 0.4) is 0 Å². The molecule has 3 aromatic carbocycles. The molecule has 186 valence electrons. The highest BCUT2D eigenvalue weighted by molar-refractivity contribution is 6.30. The molecule has 0 unspecified atom stereocenters. The summed E-state index contributed by atoms with van der Waals surface area (Å²) in [5.74, 6) is 1.82. The number of allylic oxidation sites excluding steroid dienone is 1. The van der Waals surface area contributed by atoms with Crippen molar-refractivity contribution in [2.75, 3.05) is 12.4 Å². The van der Waals surface area contributed by atoms with Crippen LogP contribution >= 0.6 is 11.6 Å². The maximum Gasteiger partial charge on any atom is 0.227 e. The van der Waals surface area contributed by atoms with Gasteiger partial charge in [0.15, 0.2) is 5.82 Å². The van der Waals surface area contributed by atoms with Gasteiger partial charge in [-0.25, -0.2) is 0 Å². The van der Waals surface area contributed by atoms with Crippen LogP contribution in [0.4, 0.5) is 5.69 Å². The second-order valence-corrected chi connectivity index (χ2v) is 9.37. The molecule has 0 radical (unpaired) electrons. The van der Waals surface area contributed by atoms with Crippen molar-refractivity contribution in [3.63, 3.8) is 0 Å². The fourth-order valence-electron chi connectivity index (χ4n) is 4.40. The Bertz CT molecular complexity index is 1520. The van der Waals surface area contributed by atoms with E-state index in [1.807, 2.05) is 85.1 Å².